The third-order valence-electron chi connectivity index (χ3n) is 5.05. The van der Waals surface area contributed by atoms with Gasteiger partial charge in [0.25, 0.3) is 5.91 Å². The normalized spacial score (nSPS) is 21.1. The molecule has 2 fully saturated rings. The Morgan fingerprint density at radius 3 is 2.52 bits per heavy atom. The fraction of sp³-hybridized carbons (Fsp3) is 0.611. The summed E-state index contributed by atoms with van der Waals surface area (Å²) in [7, 11) is 1.41. The molecule has 7 heteroatoms. The number of likely N-dealkylation sites (tertiary alicyclic amines) is 2. The molecule has 0 bridgehead atoms. The van der Waals surface area contributed by atoms with Gasteiger partial charge in [0.15, 0.2) is 5.75 Å². The second-order valence-electron chi connectivity index (χ2n) is 6.76. The molecule has 1 N–H and O–H groups in total. The van der Waals surface area contributed by atoms with Gasteiger partial charge in [0, 0.05) is 38.4 Å². The highest BCUT2D eigenvalue weighted by Gasteiger charge is 2.32. The van der Waals surface area contributed by atoms with Crippen LogP contribution in [0, 0.1) is 5.92 Å². The summed E-state index contributed by atoms with van der Waals surface area (Å²) in [4.78, 5) is 43.7. The van der Waals surface area contributed by atoms with E-state index in [1.54, 1.807) is 4.90 Å². The summed E-state index contributed by atoms with van der Waals surface area (Å²) in [5, 5.41) is 0. The van der Waals surface area contributed by atoms with E-state index in [4.69, 9.17) is 4.74 Å². The van der Waals surface area contributed by atoms with Crippen LogP contribution in [-0.2, 0) is 4.79 Å². The first-order valence-electron chi connectivity index (χ1n) is 8.95. The Labute approximate surface area is 147 Å². The predicted molar refractivity (Wildman–Crippen MR) is 92.7 cm³/mol. The first kappa shape index (κ1) is 17.5. The number of rotatable bonds is 3. The molecule has 0 saturated carbocycles. The van der Waals surface area contributed by atoms with Crippen LogP contribution in [0.4, 0.5) is 0 Å². The molecule has 136 valence electrons. The third kappa shape index (κ3) is 3.86. The molecule has 3 rings (SSSR count). The van der Waals surface area contributed by atoms with Crippen LogP contribution in [0.5, 0.6) is 5.75 Å². The SMILES string of the molecule is COc1c[nH]c(C(=O)N2CCC[C@H](C(=O)N3CCCCC3)C2)cc1=O. The Kier molecular flexibility index (Phi) is 5.40. The van der Waals surface area contributed by atoms with Crippen molar-refractivity contribution in [1.29, 1.82) is 0 Å². The van der Waals surface area contributed by atoms with Crippen LogP contribution in [0.2, 0.25) is 0 Å². The molecule has 0 aromatic carbocycles. The molecule has 2 saturated heterocycles. The second-order valence-corrected chi connectivity index (χ2v) is 6.76. The van der Waals surface area contributed by atoms with E-state index in [1.165, 1.54) is 25.8 Å². The fourth-order valence-electron chi connectivity index (χ4n) is 3.65. The molecule has 1 atom stereocenters. The third-order valence-corrected chi connectivity index (χ3v) is 5.05. The maximum absolute atomic E-state index is 12.7. The Hall–Kier alpha value is -2.31. The minimum absolute atomic E-state index is 0.138. The molecule has 1 aromatic heterocycles. The van der Waals surface area contributed by atoms with Crippen LogP contribution in [-0.4, -0.2) is 59.9 Å². The lowest BCUT2D eigenvalue weighted by Crippen LogP contribution is -2.48. The molecule has 2 aliphatic heterocycles. The molecule has 25 heavy (non-hydrogen) atoms. The number of methoxy groups -OCH3 is 1. The maximum atomic E-state index is 12.7. The summed E-state index contributed by atoms with van der Waals surface area (Å²) in [6.07, 6.45) is 6.33. The largest absolute Gasteiger partial charge is 0.491 e. The standard InChI is InChI=1S/C18H25N3O4/c1-25-16-11-19-14(10-15(16)22)18(24)21-9-5-6-13(12-21)17(23)20-7-3-2-4-8-20/h10-11,13H,2-9,12H2,1H3,(H,19,22)/t13-/m0/s1. The minimum Gasteiger partial charge on any atom is -0.491 e. The van der Waals surface area contributed by atoms with Crippen molar-refractivity contribution in [2.45, 2.75) is 32.1 Å². The number of nitrogens with zero attached hydrogens (tertiary/aromatic N) is 2. The van der Waals surface area contributed by atoms with Crippen molar-refractivity contribution in [1.82, 2.24) is 14.8 Å². The summed E-state index contributed by atoms with van der Waals surface area (Å²) in [5.74, 6) is -0.0366. The van der Waals surface area contributed by atoms with E-state index < -0.39 is 0 Å². The van der Waals surface area contributed by atoms with Crippen molar-refractivity contribution in [3.63, 3.8) is 0 Å². The van der Waals surface area contributed by atoms with Gasteiger partial charge >= 0.3 is 0 Å². The molecule has 0 radical (unpaired) electrons. The number of carbonyl (C=O) groups is 2. The Morgan fingerprint density at radius 1 is 1.12 bits per heavy atom. The number of hydrogen-bond acceptors (Lipinski definition) is 4. The lowest BCUT2D eigenvalue weighted by atomic mass is 9.95. The van der Waals surface area contributed by atoms with Gasteiger partial charge in [-0.2, -0.15) is 0 Å². The first-order valence-corrected chi connectivity index (χ1v) is 8.95. The lowest BCUT2D eigenvalue weighted by Gasteiger charge is -2.36. The monoisotopic (exact) mass is 347 g/mol. The van der Waals surface area contributed by atoms with E-state index in [-0.39, 0.29) is 34.6 Å². The number of hydrogen-bond donors (Lipinski definition) is 1. The maximum Gasteiger partial charge on any atom is 0.270 e. The number of nitrogens with one attached hydrogen (secondary N) is 1. The van der Waals surface area contributed by atoms with Crippen molar-refractivity contribution in [3.8, 4) is 5.75 Å². The van der Waals surface area contributed by atoms with E-state index in [0.717, 1.165) is 38.8 Å². The van der Waals surface area contributed by atoms with Crippen LogP contribution in [0.3, 0.4) is 0 Å². The zero-order valence-corrected chi connectivity index (χ0v) is 14.6. The highest BCUT2D eigenvalue weighted by molar-refractivity contribution is 5.93. The van der Waals surface area contributed by atoms with E-state index in [0.29, 0.717) is 13.1 Å². The minimum atomic E-state index is -0.331. The van der Waals surface area contributed by atoms with Gasteiger partial charge < -0.3 is 19.5 Å². The fourth-order valence-corrected chi connectivity index (χ4v) is 3.65. The number of H-pyrrole nitrogens is 1. The van der Waals surface area contributed by atoms with Crippen LogP contribution in [0.15, 0.2) is 17.1 Å². The molecule has 0 unspecified atom stereocenters. The van der Waals surface area contributed by atoms with Crippen LogP contribution in [0.1, 0.15) is 42.6 Å². The van der Waals surface area contributed by atoms with Gasteiger partial charge in [0.2, 0.25) is 11.3 Å². The number of pyridine rings is 1. The summed E-state index contributed by atoms with van der Waals surface area (Å²) in [6.45, 7) is 2.68. The van der Waals surface area contributed by atoms with Gasteiger partial charge in [-0.3, -0.25) is 14.4 Å². The highest BCUT2D eigenvalue weighted by Crippen LogP contribution is 2.22. The molecular weight excluding hydrogens is 322 g/mol. The number of amides is 2. The molecule has 2 aliphatic rings. The smallest absolute Gasteiger partial charge is 0.270 e. The molecule has 0 aliphatic carbocycles. The summed E-state index contributed by atoms with van der Waals surface area (Å²) in [6, 6.07) is 1.26. The number of piperidine rings is 2. The number of carbonyl (C=O) groups excluding carboxylic acids is 2. The molecular formula is C18H25N3O4. The van der Waals surface area contributed by atoms with Gasteiger partial charge in [-0.15, -0.1) is 0 Å². The summed E-state index contributed by atoms with van der Waals surface area (Å²) in [5.41, 5.74) is -0.0978. The average molecular weight is 347 g/mol. The van der Waals surface area contributed by atoms with E-state index >= 15 is 0 Å². The van der Waals surface area contributed by atoms with Gasteiger partial charge in [-0.1, -0.05) is 0 Å². The van der Waals surface area contributed by atoms with Gasteiger partial charge in [-0.25, -0.2) is 0 Å². The van der Waals surface area contributed by atoms with Gasteiger partial charge in [-0.05, 0) is 32.1 Å². The first-order chi connectivity index (χ1) is 12.1. The lowest BCUT2D eigenvalue weighted by molar-refractivity contribution is -0.137. The Morgan fingerprint density at radius 2 is 1.84 bits per heavy atom. The molecule has 3 heterocycles. The topological polar surface area (TPSA) is 82.7 Å². The van der Waals surface area contributed by atoms with Crippen LogP contribution >= 0.6 is 0 Å². The number of aromatic amines is 1. The van der Waals surface area contributed by atoms with Crippen molar-refractivity contribution in [2.75, 3.05) is 33.3 Å². The van der Waals surface area contributed by atoms with Crippen molar-refractivity contribution in [3.05, 3.63) is 28.2 Å². The zero-order chi connectivity index (χ0) is 17.8. The number of ether oxygens (including phenoxy) is 1. The molecule has 0 spiro atoms. The van der Waals surface area contributed by atoms with Gasteiger partial charge in [0.05, 0.1) is 13.0 Å². The van der Waals surface area contributed by atoms with Crippen LogP contribution < -0.4 is 10.2 Å². The Bertz CT molecular complexity index is 694. The Balaban J connectivity index is 1.68. The van der Waals surface area contributed by atoms with Crippen molar-refractivity contribution >= 4 is 11.8 Å². The molecule has 1 aromatic rings. The average Bonchev–Trinajstić information content (AvgIpc) is 2.67. The second kappa shape index (κ2) is 7.72. The number of aromatic nitrogens is 1. The van der Waals surface area contributed by atoms with Crippen molar-refractivity contribution in [2.24, 2.45) is 5.92 Å². The van der Waals surface area contributed by atoms with Crippen molar-refractivity contribution < 1.29 is 14.3 Å². The molecule has 2 amide bonds. The van der Waals surface area contributed by atoms with E-state index in [1.807, 2.05) is 4.90 Å². The quantitative estimate of drug-likeness (QED) is 0.892. The summed E-state index contributed by atoms with van der Waals surface area (Å²) < 4.78 is 4.92. The zero-order valence-electron chi connectivity index (χ0n) is 14.6. The highest BCUT2D eigenvalue weighted by atomic mass is 16.5. The van der Waals surface area contributed by atoms with Crippen LogP contribution in [0.25, 0.3) is 0 Å². The van der Waals surface area contributed by atoms with E-state index in [2.05, 4.69) is 4.98 Å². The molecule has 7 nitrogen and oxygen atoms in total. The van der Waals surface area contributed by atoms with E-state index in [9.17, 15) is 14.4 Å². The summed E-state index contributed by atoms with van der Waals surface area (Å²) >= 11 is 0. The predicted octanol–water partition coefficient (Wildman–Crippen LogP) is 1.25. The van der Waals surface area contributed by atoms with Gasteiger partial charge in [0.1, 0.15) is 5.69 Å².